The van der Waals surface area contributed by atoms with Crippen LogP contribution >= 0.6 is 0 Å². The molecule has 0 aliphatic carbocycles. The second-order valence-corrected chi connectivity index (χ2v) is 0.316. The van der Waals surface area contributed by atoms with Crippen LogP contribution in [0.2, 0.25) is 0 Å². The zero-order valence-corrected chi connectivity index (χ0v) is 6.20. The molecule has 0 aromatic carbocycles. The van der Waals surface area contributed by atoms with Gasteiger partial charge in [-0.25, -0.2) is 0 Å². The molecule has 0 amide bonds. The molecular weight excluding hydrogens is 196 g/mol. The Morgan fingerprint density at radius 3 is 1.80 bits per heavy atom. The average molecular weight is 202 g/mol. The first-order valence-corrected chi connectivity index (χ1v) is 2.51. The fraction of sp³-hybridized carbons (Fsp3) is 1.00. The van der Waals surface area contributed by atoms with Gasteiger partial charge in [0.2, 0.25) is 0 Å². The van der Waals surface area contributed by atoms with Crippen molar-refractivity contribution in [3.63, 3.8) is 0 Å². The minimum atomic E-state index is 0.0556. The molecule has 0 aliphatic rings. The monoisotopic (exact) mass is 202 g/mol. The van der Waals surface area contributed by atoms with Gasteiger partial charge in [-0.15, -0.1) is 0 Å². The van der Waals surface area contributed by atoms with Gasteiger partial charge in [0.05, 0.1) is 0 Å². The predicted octanol–water partition coefficient (Wildman–Crippen LogP) is -0.120. The Labute approximate surface area is 58.8 Å². The first-order chi connectivity index (χ1) is 2.41. The summed E-state index contributed by atoms with van der Waals surface area (Å²) in [6, 6.07) is 0. The molecule has 1 N–H and O–H groups in total. The maximum absolute atomic E-state index is 8.39. The molecule has 0 spiro atoms. The van der Waals surface area contributed by atoms with Crippen LogP contribution < -0.4 is 0 Å². The van der Waals surface area contributed by atoms with Crippen molar-refractivity contribution in [1.82, 2.24) is 0 Å². The van der Waals surface area contributed by atoms with Crippen molar-refractivity contribution in [3.05, 3.63) is 0 Å². The third-order valence-electron chi connectivity index (χ3n) is 0. The quantitative estimate of drug-likeness (QED) is 0.594. The van der Waals surface area contributed by atoms with Gasteiger partial charge in [0, 0.05) is 6.61 Å². The Hall–Kier alpha value is 1.14. The summed E-state index contributed by atoms with van der Waals surface area (Å²) in [6.07, 6.45) is 0. The zero-order chi connectivity index (χ0) is 4.71. The van der Waals surface area contributed by atoms with Crippen LogP contribution in [0.1, 0.15) is 6.92 Å². The first kappa shape index (κ1) is 9.46. The van der Waals surface area contributed by atoms with Gasteiger partial charge in [-0.1, -0.05) is 0 Å². The fourth-order valence-corrected chi connectivity index (χ4v) is 0. The number of aliphatic hydroxyl groups excluding tert-OH is 1. The van der Waals surface area contributed by atoms with Crippen molar-refractivity contribution in [1.29, 1.82) is 0 Å². The molecule has 30 valence electrons. The molecule has 0 bridgehead atoms. The Bertz CT molecular complexity index is 11.6. The fourth-order valence-electron chi connectivity index (χ4n) is 0. The van der Waals surface area contributed by atoms with E-state index in [4.69, 9.17) is 6.04 Å². The van der Waals surface area contributed by atoms with E-state index >= 15 is 0 Å². The van der Waals surface area contributed by atoms with Crippen LogP contribution in [0.4, 0.5) is 0 Å². The van der Waals surface area contributed by atoms with E-state index in [0.29, 0.717) is 0 Å². The van der Waals surface area contributed by atoms with Crippen LogP contribution in [-0.2, 0) is 0.938 Å². The third-order valence-corrected chi connectivity index (χ3v) is 0. The normalized spacial score (nSPS) is 4.20. The molecule has 0 aromatic rings. The van der Waals surface area contributed by atoms with Crippen molar-refractivity contribution in [2.45, 2.75) is 6.92 Å². The number of rotatable bonds is 0. The van der Waals surface area contributed by atoms with Gasteiger partial charge in [0.25, 0.3) is 0 Å². The maximum atomic E-state index is 8.39. The van der Waals surface area contributed by atoms with E-state index in [9.17, 15) is 0 Å². The summed E-state index contributed by atoms with van der Waals surface area (Å²) in [4.78, 5) is 0. The molecule has 0 saturated heterocycles. The van der Waals surface area contributed by atoms with Crippen molar-refractivity contribution >= 4 is 0 Å². The van der Waals surface area contributed by atoms with Gasteiger partial charge in [-0.2, -0.15) is 0 Å². The van der Waals surface area contributed by atoms with E-state index in [1.807, 2.05) is 0 Å². The Kier molecular flexibility index (Phi) is 36.4. The van der Waals surface area contributed by atoms with Gasteiger partial charge in [-0.3, -0.25) is 0 Å². The summed E-state index contributed by atoms with van der Waals surface area (Å²) in [7, 11) is 0. The molecule has 0 aliphatic heterocycles. The number of aliphatic hydroxyl groups is 1. The number of hydrogen-bond donors (Lipinski definition) is 1. The van der Waals surface area contributed by atoms with E-state index in [-0.39, 0.29) is 46.4 Å². The van der Waals surface area contributed by atoms with Crippen molar-refractivity contribution in [2.75, 3.05) is 6.61 Å². The molecule has 0 rings (SSSR count). The summed E-state index contributed by atoms with van der Waals surface area (Å²) in [5.74, 6) is 0. The summed E-state index contributed by atoms with van der Waals surface area (Å²) >= 11 is 0.0556. The summed E-state index contributed by atoms with van der Waals surface area (Å²) < 4.78 is 8.39. The Morgan fingerprint density at radius 2 is 1.80 bits per heavy atom. The molecule has 0 saturated carbocycles. The summed E-state index contributed by atoms with van der Waals surface area (Å²) in [5, 5.41) is 7.57. The topological polar surface area (TPSA) is 37.3 Å². The van der Waals surface area contributed by atoms with Crippen LogP contribution in [0.3, 0.4) is 0 Å². The van der Waals surface area contributed by atoms with Crippen LogP contribution in [0.25, 0.3) is 0 Å². The van der Waals surface area contributed by atoms with Gasteiger partial charge in [0.15, 0.2) is 0 Å². The number of hydrogen-bond acceptors (Lipinski definition) is 2. The van der Waals surface area contributed by atoms with Gasteiger partial charge in [-0.05, 0) is 6.92 Å². The molecular formula is C2H6CeO2. The molecule has 0 heterocycles. The average Bonchev–Trinajstić information content (AvgIpc) is 1.46. The summed E-state index contributed by atoms with van der Waals surface area (Å²) in [6.45, 7) is 1.93. The Morgan fingerprint density at radius 1 is 1.80 bits per heavy atom. The SMILES string of the molecule is CCO.[O]=[Ce]. The van der Waals surface area contributed by atoms with E-state index in [2.05, 4.69) is 0 Å². The molecule has 2 nitrogen and oxygen atoms in total. The molecule has 3 heteroatoms. The van der Waals surface area contributed by atoms with Gasteiger partial charge < -0.3 is 5.11 Å². The van der Waals surface area contributed by atoms with E-state index in [1.54, 1.807) is 6.92 Å². The van der Waals surface area contributed by atoms with Crippen LogP contribution in [0.15, 0.2) is 0 Å². The molecule has 0 aromatic heterocycles. The van der Waals surface area contributed by atoms with Crippen LogP contribution in [0.5, 0.6) is 0 Å². The van der Waals surface area contributed by atoms with E-state index in [0.717, 1.165) is 0 Å². The first-order valence-electron chi connectivity index (χ1n) is 1.23. The standard InChI is InChI=1S/C2H6O.Ce.O/c1-2-3;;/h3H,2H2,1H3;;. The molecule has 5 heavy (non-hydrogen) atoms. The molecule has 0 unspecified atom stereocenters. The van der Waals surface area contributed by atoms with Crippen LogP contribution in [-0.4, -0.2) is 11.7 Å². The van der Waals surface area contributed by atoms with E-state index < -0.39 is 0 Å². The third kappa shape index (κ3) is 39.1. The van der Waals surface area contributed by atoms with Gasteiger partial charge in [0.1, 0.15) is 0 Å². The second-order valence-electron chi connectivity index (χ2n) is 0.316. The zero-order valence-electron chi connectivity index (χ0n) is 3.06. The van der Waals surface area contributed by atoms with E-state index in [1.165, 1.54) is 0 Å². The minimum absolute atomic E-state index is 0.0556. The van der Waals surface area contributed by atoms with Crippen molar-refractivity contribution < 1.29 is 45.8 Å². The van der Waals surface area contributed by atoms with Crippen molar-refractivity contribution in [2.24, 2.45) is 0 Å². The van der Waals surface area contributed by atoms with Crippen LogP contribution in [0, 0.1) is 39.8 Å². The molecule has 0 fully saturated rings. The second kappa shape index (κ2) is 19.3. The Balaban J connectivity index is 0. The molecule has 0 atom stereocenters. The summed E-state index contributed by atoms with van der Waals surface area (Å²) in [5.41, 5.74) is 0. The van der Waals surface area contributed by atoms with Crippen molar-refractivity contribution in [3.8, 4) is 0 Å². The predicted molar refractivity (Wildman–Crippen MR) is 13.4 cm³/mol. The van der Waals surface area contributed by atoms with Gasteiger partial charge >= 0.3 is 40.7 Å². The molecule has 0 radical (unpaired) electrons.